The Hall–Kier alpha value is -0.583. The fourth-order valence-corrected chi connectivity index (χ4v) is 9.09. The van der Waals surface area contributed by atoms with Crippen molar-refractivity contribution in [2.75, 3.05) is 12.5 Å². The molecule has 1 aliphatic heterocycles. The molecule has 0 bridgehead atoms. The van der Waals surface area contributed by atoms with Gasteiger partial charge in [-0.2, -0.15) is 0 Å². The Bertz CT molecular complexity index is 939. The van der Waals surface area contributed by atoms with Gasteiger partial charge in [0.2, 0.25) is 8.32 Å². The van der Waals surface area contributed by atoms with Gasteiger partial charge in [-0.25, -0.2) is 4.39 Å². The number of ether oxygens (including phenoxy) is 1. The highest BCUT2D eigenvalue weighted by atomic mass is 35.5. The quantitative estimate of drug-likeness (QED) is 0.155. The lowest BCUT2D eigenvalue weighted by Gasteiger charge is -2.54. The van der Waals surface area contributed by atoms with Crippen molar-refractivity contribution in [1.29, 1.82) is 0 Å². The summed E-state index contributed by atoms with van der Waals surface area (Å²) in [5.41, 5.74) is 2.57. The minimum absolute atomic E-state index is 0.00907. The zero-order valence-corrected chi connectivity index (χ0v) is 24.5. The lowest BCUT2D eigenvalue weighted by molar-refractivity contribution is -0.0531. The molecule has 0 radical (unpaired) electrons. The van der Waals surface area contributed by atoms with Gasteiger partial charge in [0.1, 0.15) is 11.9 Å². The molecule has 1 spiro atoms. The van der Waals surface area contributed by atoms with Crippen molar-refractivity contribution in [3.8, 4) is 5.75 Å². The van der Waals surface area contributed by atoms with Crippen LogP contribution in [0.3, 0.4) is 0 Å². The summed E-state index contributed by atoms with van der Waals surface area (Å²) >= 11 is 5.98. The molecule has 5 heteroatoms. The highest BCUT2D eigenvalue weighted by Crippen LogP contribution is 2.70. The SMILES string of the molecule is CC(C)(C)[Si](C)(C)Oc1ccc2c(c1)CC(CCCCCCl)C1C2[C@@H](F)C[C@@]2(C)C1CC[C@]21CO1. The maximum atomic E-state index is 16.3. The summed E-state index contributed by atoms with van der Waals surface area (Å²) in [7, 11) is -1.92. The number of epoxide rings is 1. The van der Waals surface area contributed by atoms with E-state index in [1.165, 1.54) is 36.8 Å². The summed E-state index contributed by atoms with van der Waals surface area (Å²) in [5.74, 6) is 3.26. The van der Waals surface area contributed by atoms with Gasteiger partial charge in [-0.05, 0) is 97.7 Å². The first-order valence-electron chi connectivity index (χ1n) is 14.1. The van der Waals surface area contributed by atoms with Gasteiger partial charge < -0.3 is 9.16 Å². The third kappa shape index (κ3) is 4.32. The molecular formula is C30H46ClFO2Si. The standard InChI is InChI=1S/C30H46ClFO2Si/c1-28(2,3)35(5,6)34-22-11-12-23-21(17-22)16-20(10-8-7-9-15-31)26-24-13-14-30(19-33-30)29(24,4)18-25(32)27(23)26/h11-12,17,20,24-27H,7-10,13-16,18-19H2,1-6H3/t20?,24?,25-,26?,27?,29-,30-/m0/s1. The van der Waals surface area contributed by atoms with E-state index in [2.05, 4.69) is 59.0 Å². The maximum Gasteiger partial charge on any atom is 0.250 e. The normalized spacial score (nSPS) is 38.1. The van der Waals surface area contributed by atoms with Gasteiger partial charge in [0.05, 0.1) is 12.2 Å². The molecule has 3 aliphatic carbocycles. The molecule has 2 saturated carbocycles. The molecule has 4 unspecified atom stereocenters. The van der Waals surface area contributed by atoms with Crippen LogP contribution in [-0.2, 0) is 11.2 Å². The Balaban J connectivity index is 1.47. The molecule has 3 fully saturated rings. The Morgan fingerprint density at radius 1 is 1.20 bits per heavy atom. The predicted octanol–water partition coefficient (Wildman–Crippen LogP) is 8.67. The number of unbranched alkanes of at least 4 members (excludes halogenated alkanes) is 2. The highest BCUT2D eigenvalue weighted by molar-refractivity contribution is 6.74. The van der Waals surface area contributed by atoms with Gasteiger partial charge in [0.25, 0.3) is 0 Å². The van der Waals surface area contributed by atoms with Crippen LogP contribution in [0.25, 0.3) is 0 Å². The monoisotopic (exact) mass is 520 g/mol. The number of alkyl halides is 2. The van der Waals surface area contributed by atoms with Crippen LogP contribution in [-0.4, -0.2) is 32.6 Å². The Morgan fingerprint density at radius 3 is 2.60 bits per heavy atom. The van der Waals surface area contributed by atoms with E-state index in [0.29, 0.717) is 24.2 Å². The van der Waals surface area contributed by atoms with Gasteiger partial charge >= 0.3 is 0 Å². The van der Waals surface area contributed by atoms with E-state index in [4.69, 9.17) is 20.8 Å². The van der Waals surface area contributed by atoms with E-state index in [9.17, 15) is 0 Å². The second-order valence-electron chi connectivity index (χ2n) is 13.9. The van der Waals surface area contributed by atoms with E-state index >= 15 is 4.39 Å². The Morgan fingerprint density at radius 2 is 1.94 bits per heavy atom. The third-order valence-corrected chi connectivity index (χ3v) is 15.6. The number of rotatable bonds is 7. The molecule has 1 saturated heterocycles. The number of benzene rings is 1. The van der Waals surface area contributed by atoms with Crippen molar-refractivity contribution in [2.24, 2.45) is 23.2 Å². The molecule has 0 amide bonds. The van der Waals surface area contributed by atoms with Crippen molar-refractivity contribution in [3.63, 3.8) is 0 Å². The zero-order chi connectivity index (χ0) is 25.2. The summed E-state index contributed by atoms with van der Waals surface area (Å²) < 4.78 is 29.0. The molecule has 35 heavy (non-hydrogen) atoms. The van der Waals surface area contributed by atoms with Crippen LogP contribution < -0.4 is 4.43 Å². The molecule has 4 aliphatic rings. The second-order valence-corrected chi connectivity index (χ2v) is 19.0. The van der Waals surface area contributed by atoms with Crippen molar-refractivity contribution >= 4 is 19.9 Å². The average molecular weight is 521 g/mol. The van der Waals surface area contributed by atoms with Crippen LogP contribution in [0.1, 0.15) is 89.7 Å². The smallest absolute Gasteiger partial charge is 0.250 e. The first-order valence-corrected chi connectivity index (χ1v) is 17.5. The molecule has 196 valence electrons. The van der Waals surface area contributed by atoms with Crippen LogP contribution >= 0.6 is 11.6 Å². The highest BCUT2D eigenvalue weighted by Gasteiger charge is 2.71. The molecule has 1 aromatic carbocycles. The van der Waals surface area contributed by atoms with E-state index in [0.717, 1.165) is 37.5 Å². The van der Waals surface area contributed by atoms with Crippen molar-refractivity contribution < 1.29 is 13.6 Å². The first kappa shape index (κ1) is 26.0. The number of hydrogen-bond acceptors (Lipinski definition) is 2. The number of halogens is 2. The molecule has 0 aromatic heterocycles. The molecule has 0 N–H and O–H groups in total. The first-order chi connectivity index (χ1) is 16.4. The fourth-order valence-electron chi connectivity index (χ4n) is 7.88. The van der Waals surface area contributed by atoms with Crippen LogP contribution in [0, 0.1) is 23.2 Å². The summed E-state index contributed by atoms with van der Waals surface area (Å²) in [6.45, 7) is 14.7. The Kier molecular flexibility index (Phi) is 6.71. The number of fused-ring (bicyclic) bond motifs is 6. The van der Waals surface area contributed by atoms with E-state index in [1.807, 2.05) is 0 Å². The summed E-state index contributed by atoms with van der Waals surface area (Å²) in [4.78, 5) is 0. The number of hydrogen-bond donors (Lipinski definition) is 0. The van der Waals surface area contributed by atoms with Gasteiger partial charge in [-0.15, -0.1) is 11.6 Å². The van der Waals surface area contributed by atoms with Crippen LogP contribution in [0.5, 0.6) is 5.75 Å². The summed E-state index contributed by atoms with van der Waals surface area (Å²) in [6.07, 6.45) is 7.85. The maximum absolute atomic E-state index is 16.3. The molecule has 5 rings (SSSR count). The van der Waals surface area contributed by atoms with Crippen LogP contribution in [0.2, 0.25) is 18.1 Å². The van der Waals surface area contributed by atoms with Crippen LogP contribution in [0.4, 0.5) is 4.39 Å². The van der Waals surface area contributed by atoms with E-state index < -0.39 is 14.5 Å². The fraction of sp³-hybridized carbons (Fsp3) is 0.800. The Labute approximate surface area is 218 Å². The second kappa shape index (κ2) is 9.01. The van der Waals surface area contributed by atoms with Gasteiger partial charge in [0.15, 0.2) is 0 Å². The molecular weight excluding hydrogens is 475 g/mol. The zero-order valence-electron chi connectivity index (χ0n) is 22.8. The molecule has 2 nitrogen and oxygen atoms in total. The van der Waals surface area contributed by atoms with Crippen LogP contribution in [0.15, 0.2) is 18.2 Å². The van der Waals surface area contributed by atoms with Crippen molar-refractivity contribution in [2.45, 2.75) is 115 Å². The summed E-state index contributed by atoms with van der Waals surface area (Å²) in [6, 6.07) is 6.64. The summed E-state index contributed by atoms with van der Waals surface area (Å²) in [5, 5.41) is 0.153. The topological polar surface area (TPSA) is 21.8 Å². The minimum atomic E-state index is -1.92. The molecule has 1 heterocycles. The lowest BCUT2D eigenvalue weighted by atomic mass is 9.50. The minimum Gasteiger partial charge on any atom is -0.543 e. The third-order valence-electron chi connectivity index (χ3n) is 11.0. The van der Waals surface area contributed by atoms with Gasteiger partial charge in [-0.3, -0.25) is 0 Å². The van der Waals surface area contributed by atoms with Gasteiger partial charge in [0, 0.05) is 17.2 Å². The molecule has 7 atom stereocenters. The average Bonchev–Trinajstić information content (AvgIpc) is 3.51. The van der Waals surface area contributed by atoms with Crippen molar-refractivity contribution in [3.05, 3.63) is 29.3 Å². The van der Waals surface area contributed by atoms with Gasteiger partial charge in [-0.1, -0.05) is 46.6 Å². The van der Waals surface area contributed by atoms with Crippen molar-refractivity contribution in [1.82, 2.24) is 0 Å². The van der Waals surface area contributed by atoms with E-state index in [-0.39, 0.29) is 22.0 Å². The molecule has 1 aromatic rings. The largest absolute Gasteiger partial charge is 0.543 e. The lowest BCUT2D eigenvalue weighted by Crippen LogP contribution is -2.52. The predicted molar refractivity (Wildman–Crippen MR) is 146 cm³/mol. The van der Waals surface area contributed by atoms with E-state index in [1.54, 1.807) is 0 Å².